The Hall–Kier alpha value is -0.650. The fourth-order valence-corrected chi connectivity index (χ4v) is 3.73. The van der Waals surface area contributed by atoms with Gasteiger partial charge in [-0.1, -0.05) is 26.7 Å². The van der Waals surface area contributed by atoms with Crippen LogP contribution in [0.5, 0.6) is 0 Å². The lowest BCUT2D eigenvalue weighted by atomic mass is 9.88. The topological polar surface area (TPSA) is 54.0 Å². The second-order valence-electron chi connectivity index (χ2n) is 8.34. The van der Waals surface area contributed by atoms with Crippen molar-refractivity contribution in [3.8, 4) is 0 Å². The van der Waals surface area contributed by atoms with Crippen LogP contribution in [-0.2, 0) is 23.7 Å². The number of hydrogen-bond acceptors (Lipinski definition) is 5. The largest absolute Gasteiger partial charge is 0.457 e. The van der Waals surface area contributed by atoms with E-state index in [1.165, 1.54) is 0 Å². The molecule has 0 N–H and O–H groups in total. The third-order valence-corrected chi connectivity index (χ3v) is 4.97. The molecule has 4 atom stereocenters. The molecule has 2 saturated heterocycles. The minimum Gasteiger partial charge on any atom is -0.457 e. The molecular weight excluding hydrogens is 308 g/mol. The number of ether oxygens (including phenoxy) is 4. The highest BCUT2D eigenvalue weighted by molar-refractivity contribution is 5.76. The zero-order valence-corrected chi connectivity index (χ0v) is 16.1. The molecule has 0 bridgehead atoms. The highest BCUT2D eigenvalue weighted by Gasteiger charge is 2.51. The lowest BCUT2D eigenvalue weighted by molar-refractivity contribution is -0.165. The van der Waals surface area contributed by atoms with Gasteiger partial charge in [-0.3, -0.25) is 4.79 Å². The number of hydrogen-bond donors (Lipinski definition) is 0. The standard InChI is InChI=1S/C19H34O5/c1-7-9-18(3,4)17(20)23-13-11-21-16-14(12-22-15(13)16)24-19(5,6)10-8-2/h13-16H,7-12H2,1-6H3/t13?,14?,15-,16-/m1/s1. The van der Waals surface area contributed by atoms with Gasteiger partial charge in [-0.25, -0.2) is 0 Å². The maximum Gasteiger partial charge on any atom is 0.311 e. The molecule has 2 aliphatic rings. The first-order valence-electron chi connectivity index (χ1n) is 9.32. The maximum atomic E-state index is 12.4. The van der Waals surface area contributed by atoms with E-state index in [0.717, 1.165) is 25.7 Å². The summed E-state index contributed by atoms with van der Waals surface area (Å²) in [5.41, 5.74) is -0.663. The summed E-state index contributed by atoms with van der Waals surface area (Å²) in [5, 5.41) is 0. The van der Waals surface area contributed by atoms with Crippen LogP contribution in [0.2, 0.25) is 0 Å². The third-order valence-electron chi connectivity index (χ3n) is 4.97. The third kappa shape index (κ3) is 4.50. The van der Waals surface area contributed by atoms with Gasteiger partial charge in [0.1, 0.15) is 18.3 Å². The lowest BCUT2D eigenvalue weighted by Gasteiger charge is -2.30. The van der Waals surface area contributed by atoms with E-state index in [-0.39, 0.29) is 36.0 Å². The van der Waals surface area contributed by atoms with Gasteiger partial charge < -0.3 is 18.9 Å². The lowest BCUT2D eigenvalue weighted by Crippen LogP contribution is -2.40. The summed E-state index contributed by atoms with van der Waals surface area (Å²) in [6.45, 7) is 13.2. The second kappa shape index (κ2) is 7.71. The SMILES string of the molecule is CCCC(C)(C)OC1CO[C@@H]2C(OC(=O)C(C)(C)CCC)CO[C@H]12. The molecule has 0 aromatic heterocycles. The monoisotopic (exact) mass is 342 g/mol. The van der Waals surface area contributed by atoms with Gasteiger partial charge in [0.2, 0.25) is 0 Å². The molecule has 140 valence electrons. The van der Waals surface area contributed by atoms with E-state index in [1.54, 1.807) is 0 Å². The average Bonchev–Trinajstić information content (AvgIpc) is 3.02. The first kappa shape index (κ1) is 19.7. The van der Waals surface area contributed by atoms with E-state index in [4.69, 9.17) is 18.9 Å². The van der Waals surface area contributed by atoms with Gasteiger partial charge in [-0.2, -0.15) is 0 Å². The van der Waals surface area contributed by atoms with Gasteiger partial charge in [0.15, 0.2) is 6.10 Å². The molecule has 2 heterocycles. The molecule has 0 radical (unpaired) electrons. The van der Waals surface area contributed by atoms with Crippen molar-refractivity contribution in [2.45, 2.75) is 97.2 Å². The highest BCUT2D eigenvalue weighted by atomic mass is 16.7. The van der Waals surface area contributed by atoms with Crippen LogP contribution in [0.1, 0.15) is 67.2 Å². The van der Waals surface area contributed by atoms with Crippen molar-refractivity contribution in [3.63, 3.8) is 0 Å². The first-order chi connectivity index (χ1) is 11.2. The zero-order chi connectivity index (χ0) is 18.0. The Morgan fingerprint density at radius 2 is 1.50 bits per heavy atom. The van der Waals surface area contributed by atoms with E-state index in [0.29, 0.717) is 13.2 Å². The fraction of sp³-hybridized carbons (Fsp3) is 0.947. The molecule has 2 aliphatic heterocycles. The Morgan fingerprint density at radius 3 is 2.08 bits per heavy atom. The van der Waals surface area contributed by atoms with Crippen LogP contribution >= 0.6 is 0 Å². The molecule has 2 unspecified atom stereocenters. The Kier molecular flexibility index (Phi) is 6.32. The van der Waals surface area contributed by atoms with E-state index in [2.05, 4.69) is 27.7 Å². The molecule has 0 amide bonds. The van der Waals surface area contributed by atoms with Crippen LogP contribution in [0.3, 0.4) is 0 Å². The van der Waals surface area contributed by atoms with E-state index in [9.17, 15) is 4.79 Å². The zero-order valence-electron chi connectivity index (χ0n) is 16.1. The van der Waals surface area contributed by atoms with Crippen LogP contribution in [-0.4, -0.2) is 49.2 Å². The molecule has 0 aromatic rings. The van der Waals surface area contributed by atoms with Crippen LogP contribution in [0.4, 0.5) is 0 Å². The first-order valence-corrected chi connectivity index (χ1v) is 9.32. The molecule has 0 aliphatic carbocycles. The molecule has 24 heavy (non-hydrogen) atoms. The normalized spacial score (nSPS) is 30.4. The molecule has 0 spiro atoms. The molecule has 2 fully saturated rings. The van der Waals surface area contributed by atoms with Crippen LogP contribution in [0.15, 0.2) is 0 Å². The maximum absolute atomic E-state index is 12.4. The van der Waals surface area contributed by atoms with E-state index < -0.39 is 5.41 Å². The van der Waals surface area contributed by atoms with Crippen LogP contribution in [0, 0.1) is 5.41 Å². The predicted molar refractivity (Wildman–Crippen MR) is 91.9 cm³/mol. The minimum absolute atomic E-state index is 0.0936. The summed E-state index contributed by atoms with van der Waals surface area (Å²) in [6.07, 6.45) is 3.04. The summed E-state index contributed by atoms with van der Waals surface area (Å²) in [7, 11) is 0. The summed E-state index contributed by atoms with van der Waals surface area (Å²) in [6, 6.07) is 0. The predicted octanol–water partition coefficient (Wildman–Crippen LogP) is 3.49. The fourth-order valence-electron chi connectivity index (χ4n) is 3.73. The smallest absolute Gasteiger partial charge is 0.311 e. The van der Waals surface area contributed by atoms with Crippen molar-refractivity contribution in [2.24, 2.45) is 5.41 Å². The van der Waals surface area contributed by atoms with Gasteiger partial charge in [-0.15, -0.1) is 0 Å². The van der Waals surface area contributed by atoms with Gasteiger partial charge in [0.25, 0.3) is 0 Å². The molecule has 0 saturated carbocycles. The van der Waals surface area contributed by atoms with Gasteiger partial charge in [0, 0.05) is 0 Å². The molecule has 5 nitrogen and oxygen atoms in total. The van der Waals surface area contributed by atoms with Crippen molar-refractivity contribution in [1.29, 1.82) is 0 Å². The van der Waals surface area contributed by atoms with Crippen molar-refractivity contribution in [3.05, 3.63) is 0 Å². The van der Waals surface area contributed by atoms with Gasteiger partial charge in [0.05, 0.1) is 24.2 Å². The Bertz CT molecular complexity index is 431. The number of rotatable bonds is 8. The summed E-state index contributed by atoms with van der Waals surface area (Å²) >= 11 is 0. The minimum atomic E-state index is -0.468. The number of esters is 1. The average molecular weight is 342 g/mol. The Balaban J connectivity index is 1.92. The van der Waals surface area contributed by atoms with Crippen LogP contribution in [0.25, 0.3) is 0 Å². The number of carbonyl (C=O) groups is 1. The van der Waals surface area contributed by atoms with Crippen molar-refractivity contribution in [2.75, 3.05) is 13.2 Å². The molecule has 5 heteroatoms. The molecule has 2 rings (SSSR count). The number of carbonyl (C=O) groups excluding carboxylic acids is 1. The summed E-state index contributed by atoms with van der Waals surface area (Å²) in [4.78, 5) is 12.4. The van der Waals surface area contributed by atoms with Crippen molar-refractivity contribution in [1.82, 2.24) is 0 Å². The van der Waals surface area contributed by atoms with Crippen LogP contribution < -0.4 is 0 Å². The van der Waals surface area contributed by atoms with Gasteiger partial charge in [-0.05, 0) is 40.5 Å². The van der Waals surface area contributed by atoms with Crippen molar-refractivity contribution >= 4 is 5.97 Å². The van der Waals surface area contributed by atoms with Gasteiger partial charge >= 0.3 is 5.97 Å². The van der Waals surface area contributed by atoms with E-state index >= 15 is 0 Å². The van der Waals surface area contributed by atoms with Crippen molar-refractivity contribution < 1.29 is 23.7 Å². The number of fused-ring (bicyclic) bond motifs is 1. The quantitative estimate of drug-likeness (QED) is 0.632. The Labute approximate surface area is 146 Å². The Morgan fingerprint density at radius 1 is 0.958 bits per heavy atom. The van der Waals surface area contributed by atoms with E-state index in [1.807, 2.05) is 13.8 Å². The molecular formula is C19H34O5. The summed E-state index contributed by atoms with van der Waals surface area (Å²) < 4.78 is 23.7. The highest BCUT2D eigenvalue weighted by Crippen LogP contribution is 2.35. The second-order valence-corrected chi connectivity index (χ2v) is 8.34. The molecule has 0 aromatic carbocycles. The summed E-state index contributed by atoms with van der Waals surface area (Å²) in [5.74, 6) is -0.169.